The largest absolute Gasteiger partial charge is 0.467 e. The molecule has 1 aromatic carbocycles. The number of halogens is 1. The fraction of sp³-hybridized carbons (Fsp3) is 0.538. The van der Waals surface area contributed by atoms with Gasteiger partial charge in [-0.05, 0) is 44.0 Å². The normalized spacial score (nSPS) is 14.9. The molecule has 0 radical (unpaired) electrons. The quantitative estimate of drug-likeness (QED) is 0.600. The van der Waals surface area contributed by atoms with Crippen molar-refractivity contribution >= 4 is 11.6 Å². The van der Waals surface area contributed by atoms with E-state index in [1.165, 1.54) is 12.8 Å². The van der Waals surface area contributed by atoms with Crippen LogP contribution in [-0.2, 0) is 11.3 Å². The highest BCUT2D eigenvalue weighted by Gasteiger charge is 2.21. The molecule has 0 atom stereocenters. The van der Waals surface area contributed by atoms with E-state index >= 15 is 0 Å². The minimum atomic E-state index is 0.314. The first-order valence-electron chi connectivity index (χ1n) is 5.93. The summed E-state index contributed by atoms with van der Waals surface area (Å²) in [5.74, 6) is 1.60. The van der Waals surface area contributed by atoms with Crippen molar-refractivity contribution in [2.24, 2.45) is 5.92 Å². The van der Waals surface area contributed by atoms with Crippen LogP contribution in [0, 0.1) is 5.92 Å². The molecule has 4 heteroatoms. The van der Waals surface area contributed by atoms with Crippen LogP contribution in [0.5, 0.6) is 5.75 Å². The van der Waals surface area contributed by atoms with Crippen LogP contribution in [0.4, 0.5) is 0 Å². The number of benzene rings is 1. The van der Waals surface area contributed by atoms with Crippen LogP contribution in [0.15, 0.2) is 18.2 Å². The zero-order valence-corrected chi connectivity index (χ0v) is 10.8. The fourth-order valence-electron chi connectivity index (χ4n) is 1.62. The van der Waals surface area contributed by atoms with E-state index in [4.69, 9.17) is 21.1 Å². The van der Waals surface area contributed by atoms with E-state index in [0.717, 1.165) is 35.4 Å². The highest BCUT2D eigenvalue weighted by Crippen LogP contribution is 2.29. The molecule has 17 heavy (non-hydrogen) atoms. The molecule has 0 heterocycles. The highest BCUT2D eigenvalue weighted by atomic mass is 35.5. The maximum atomic E-state index is 5.95. The van der Waals surface area contributed by atoms with Gasteiger partial charge in [0.05, 0.1) is 6.61 Å². The van der Waals surface area contributed by atoms with Crippen LogP contribution < -0.4 is 10.1 Å². The van der Waals surface area contributed by atoms with Crippen molar-refractivity contribution in [3.63, 3.8) is 0 Å². The van der Waals surface area contributed by atoms with Crippen LogP contribution in [0.1, 0.15) is 18.4 Å². The number of ether oxygens (including phenoxy) is 2. The molecule has 0 unspecified atom stereocenters. The molecule has 0 bridgehead atoms. The van der Waals surface area contributed by atoms with E-state index < -0.39 is 0 Å². The van der Waals surface area contributed by atoms with Gasteiger partial charge in [-0.1, -0.05) is 11.6 Å². The summed E-state index contributed by atoms with van der Waals surface area (Å²) in [7, 11) is 1.90. The van der Waals surface area contributed by atoms with E-state index in [1.807, 2.05) is 25.2 Å². The molecule has 0 amide bonds. The molecule has 1 aliphatic rings. The minimum absolute atomic E-state index is 0.314. The summed E-state index contributed by atoms with van der Waals surface area (Å²) in [5, 5.41) is 3.81. The average Bonchev–Trinajstić information content (AvgIpc) is 3.11. The first-order valence-corrected chi connectivity index (χ1v) is 6.31. The Labute approximate surface area is 107 Å². The SMILES string of the molecule is CNCc1cc(Cl)ccc1OCOCC1CC1. The van der Waals surface area contributed by atoms with Gasteiger partial charge in [0.25, 0.3) is 0 Å². The second-order valence-corrected chi connectivity index (χ2v) is 4.80. The molecule has 94 valence electrons. The third-order valence-corrected chi connectivity index (χ3v) is 2.97. The van der Waals surface area contributed by atoms with Gasteiger partial charge in [-0.3, -0.25) is 0 Å². The van der Waals surface area contributed by atoms with E-state index in [1.54, 1.807) is 0 Å². The minimum Gasteiger partial charge on any atom is -0.467 e. The first-order chi connectivity index (χ1) is 8.29. The third-order valence-electron chi connectivity index (χ3n) is 2.74. The van der Waals surface area contributed by atoms with Crippen molar-refractivity contribution in [1.29, 1.82) is 0 Å². The van der Waals surface area contributed by atoms with Gasteiger partial charge in [0.15, 0.2) is 6.79 Å². The molecular formula is C13H18ClNO2. The maximum Gasteiger partial charge on any atom is 0.189 e. The second-order valence-electron chi connectivity index (χ2n) is 4.36. The molecule has 0 spiro atoms. The predicted octanol–water partition coefficient (Wildman–Crippen LogP) is 2.82. The van der Waals surface area contributed by atoms with Crippen LogP contribution in [0.2, 0.25) is 5.02 Å². The number of nitrogens with one attached hydrogen (secondary N) is 1. The predicted molar refractivity (Wildman–Crippen MR) is 68.4 cm³/mol. The molecule has 1 saturated carbocycles. The summed E-state index contributed by atoms with van der Waals surface area (Å²) in [5.41, 5.74) is 1.05. The summed E-state index contributed by atoms with van der Waals surface area (Å²) in [6.07, 6.45) is 2.60. The van der Waals surface area contributed by atoms with Gasteiger partial charge in [-0.15, -0.1) is 0 Å². The molecule has 1 fully saturated rings. The Balaban J connectivity index is 1.84. The average molecular weight is 256 g/mol. The van der Waals surface area contributed by atoms with Crippen LogP contribution in [0.3, 0.4) is 0 Å². The molecule has 0 saturated heterocycles. The van der Waals surface area contributed by atoms with Gasteiger partial charge in [0.2, 0.25) is 0 Å². The smallest absolute Gasteiger partial charge is 0.189 e. The van der Waals surface area contributed by atoms with Gasteiger partial charge in [0.1, 0.15) is 5.75 Å². The van der Waals surface area contributed by atoms with Crippen molar-refractivity contribution in [2.45, 2.75) is 19.4 Å². The van der Waals surface area contributed by atoms with E-state index in [0.29, 0.717) is 6.79 Å². The lowest BCUT2D eigenvalue weighted by Gasteiger charge is -2.11. The van der Waals surface area contributed by atoms with Crippen LogP contribution >= 0.6 is 11.6 Å². The monoisotopic (exact) mass is 255 g/mol. The van der Waals surface area contributed by atoms with Gasteiger partial charge >= 0.3 is 0 Å². The topological polar surface area (TPSA) is 30.5 Å². The number of hydrogen-bond acceptors (Lipinski definition) is 3. The zero-order valence-electron chi connectivity index (χ0n) is 10.0. The Morgan fingerprint density at radius 3 is 2.94 bits per heavy atom. The van der Waals surface area contributed by atoms with Crippen molar-refractivity contribution < 1.29 is 9.47 Å². The Morgan fingerprint density at radius 2 is 2.24 bits per heavy atom. The van der Waals surface area contributed by atoms with Crippen LogP contribution in [-0.4, -0.2) is 20.4 Å². The lowest BCUT2D eigenvalue weighted by atomic mass is 10.2. The lowest BCUT2D eigenvalue weighted by molar-refractivity contribution is 0.00943. The van der Waals surface area contributed by atoms with E-state index in [-0.39, 0.29) is 0 Å². The maximum absolute atomic E-state index is 5.95. The Kier molecular flexibility index (Phi) is 4.66. The summed E-state index contributed by atoms with van der Waals surface area (Å²) in [6, 6.07) is 5.63. The van der Waals surface area contributed by atoms with Gasteiger partial charge in [0, 0.05) is 17.1 Å². The van der Waals surface area contributed by atoms with Gasteiger partial charge < -0.3 is 14.8 Å². The summed E-state index contributed by atoms with van der Waals surface area (Å²) < 4.78 is 11.1. The molecule has 1 N–H and O–H groups in total. The fourth-order valence-corrected chi connectivity index (χ4v) is 1.82. The molecular weight excluding hydrogens is 238 g/mol. The van der Waals surface area contributed by atoms with Crippen LogP contribution in [0.25, 0.3) is 0 Å². The molecule has 1 aliphatic carbocycles. The van der Waals surface area contributed by atoms with Crippen molar-refractivity contribution in [2.75, 3.05) is 20.4 Å². The summed E-state index contributed by atoms with van der Waals surface area (Å²) in [6.45, 7) is 1.86. The number of hydrogen-bond donors (Lipinski definition) is 1. The molecule has 1 aromatic rings. The molecule has 3 nitrogen and oxygen atoms in total. The third kappa shape index (κ3) is 4.19. The van der Waals surface area contributed by atoms with Crippen molar-refractivity contribution in [3.8, 4) is 5.75 Å². The lowest BCUT2D eigenvalue weighted by Crippen LogP contribution is -2.10. The Bertz CT molecular complexity index is 366. The van der Waals surface area contributed by atoms with Crippen molar-refractivity contribution in [1.82, 2.24) is 5.32 Å². The molecule has 0 aliphatic heterocycles. The summed E-state index contributed by atoms with van der Waals surface area (Å²) >= 11 is 5.95. The molecule has 2 rings (SSSR count). The van der Waals surface area contributed by atoms with E-state index in [2.05, 4.69) is 5.32 Å². The second kappa shape index (κ2) is 6.24. The zero-order chi connectivity index (χ0) is 12.1. The van der Waals surface area contributed by atoms with Gasteiger partial charge in [-0.2, -0.15) is 0 Å². The Hall–Kier alpha value is -0.770. The molecule has 0 aromatic heterocycles. The Morgan fingerprint density at radius 1 is 1.41 bits per heavy atom. The highest BCUT2D eigenvalue weighted by molar-refractivity contribution is 6.30. The van der Waals surface area contributed by atoms with Gasteiger partial charge in [-0.25, -0.2) is 0 Å². The van der Waals surface area contributed by atoms with E-state index in [9.17, 15) is 0 Å². The summed E-state index contributed by atoms with van der Waals surface area (Å²) in [4.78, 5) is 0. The number of rotatable bonds is 7. The standard InChI is InChI=1S/C13H18ClNO2/c1-15-7-11-6-12(14)4-5-13(11)17-9-16-8-10-2-3-10/h4-6,10,15H,2-3,7-9H2,1H3. The first kappa shape index (κ1) is 12.7. The van der Waals surface area contributed by atoms with Crippen molar-refractivity contribution in [3.05, 3.63) is 28.8 Å².